The second-order valence-electron chi connectivity index (χ2n) is 8.25. The zero-order valence-electron chi connectivity index (χ0n) is 19.8. The molecule has 4 rings (SSSR count). The highest BCUT2D eigenvalue weighted by molar-refractivity contribution is 7.92. The molecule has 0 aliphatic rings. The van der Waals surface area contributed by atoms with Gasteiger partial charge >= 0.3 is 5.97 Å². The molecule has 2 heterocycles. The first-order chi connectivity index (χ1) is 17.9. The first kappa shape index (κ1) is 26.9. The van der Waals surface area contributed by atoms with E-state index in [1.807, 2.05) is 0 Å². The lowest BCUT2D eigenvalue weighted by Gasteiger charge is -2.14. The molecule has 10 nitrogen and oxygen atoms in total. The topological polar surface area (TPSA) is 140 Å². The van der Waals surface area contributed by atoms with Crippen molar-refractivity contribution in [2.24, 2.45) is 5.92 Å². The maximum Gasteiger partial charge on any atom is 0.308 e. The first-order valence-corrected chi connectivity index (χ1v) is 12.7. The number of halogens is 3. The van der Waals surface area contributed by atoms with Gasteiger partial charge in [-0.15, -0.1) is 0 Å². The number of rotatable bonds is 8. The molecule has 0 saturated heterocycles. The van der Waals surface area contributed by atoms with Crippen LogP contribution in [0.15, 0.2) is 58.6 Å². The van der Waals surface area contributed by atoms with Crippen molar-refractivity contribution in [3.63, 3.8) is 0 Å². The number of anilines is 1. The predicted molar refractivity (Wildman–Crippen MR) is 135 cm³/mol. The van der Waals surface area contributed by atoms with Crippen LogP contribution in [0, 0.1) is 17.6 Å². The summed E-state index contributed by atoms with van der Waals surface area (Å²) in [6, 6.07) is 6.24. The number of methoxy groups -OCH3 is 1. The fourth-order valence-corrected chi connectivity index (χ4v) is 5.21. The highest BCUT2D eigenvalue weighted by Crippen LogP contribution is 2.33. The van der Waals surface area contributed by atoms with E-state index < -0.39 is 44.0 Å². The van der Waals surface area contributed by atoms with Gasteiger partial charge in [-0.1, -0.05) is 18.5 Å². The van der Waals surface area contributed by atoms with Crippen LogP contribution in [0.5, 0.6) is 5.88 Å². The van der Waals surface area contributed by atoms with Crippen LogP contribution >= 0.6 is 11.6 Å². The van der Waals surface area contributed by atoms with E-state index in [1.54, 1.807) is 0 Å². The van der Waals surface area contributed by atoms with Gasteiger partial charge in [-0.25, -0.2) is 27.2 Å². The van der Waals surface area contributed by atoms with Gasteiger partial charge in [0.05, 0.1) is 35.3 Å². The van der Waals surface area contributed by atoms with Crippen LogP contribution in [0.3, 0.4) is 0 Å². The summed E-state index contributed by atoms with van der Waals surface area (Å²) in [5.41, 5.74) is -0.733. The monoisotopic (exact) mass is 564 g/mol. The normalized spacial score (nSPS) is 12.3. The van der Waals surface area contributed by atoms with Gasteiger partial charge in [0, 0.05) is 29.9 Å². The number of aromatic nitrogens is 3. The summed E-state index contributed by atoms with van der Waals surface area (Å²) in [4.78, 5) is 31.9. The van der Waals surface area contributed by atoms with Crippen molar-refractivity contribution >= 4 is 44.2 Å². The summed E-state index contributed by atoms with van der Waals surface area (Å²) in [6.07, 6.45) is 2.36. The lowest BCUT2D eigenvalue weighted by Crippen LogP contribution is -2.26. The predicted octanol–water partition coefficient (Wildman–Crippen LogP) is 3.92. The highest BCUT2D eigenvalue weighted by Gasteiger charge is 2.22. The quantitative estimate of drug-likeness (QED) is 0.328. The van der Waals surface area contributed by atoms with Crippen molar-refractivity contribution in [3.8, 4) is 17.0 Å². The average Bonchev–Trinajstić information content (AvgIpc) is 2.85. The van der Waals surface area contributed by atoms with Gasteiger partial charge in [0.25, 0.3) is 15.6 Å². The van der Waals surface area contributed by atoms with Crippen molar-refractivity contribution in [1.82, 2.24) is 14.5 Å². The summed E-state index contributed by atoms with van der Waals surface area (Å²) in [7, 11) is -3.10. The van der Waals surface area contributed by atoms with E-state index in [0.29, 0.717) is 0 Å². The Morgan fingerprint density at radius 3 is 2.61 bits per heavy atom. The van der Waals surface area contributed by atoms with Crippen LogP contribution in [-0.4, -0.2) is 41.1 Å². The second-order valence-corrected chi connectivity index (χ2v) is 10.3. The molecular weight excluding hydrogens is 546 g/mol. The molecule has 0 saturated carbocycles. The Morgan fingerprint density at radius 1 is 1.21 bits per heavy atom. The van der Waals surface area contributed by atoms with Gasteiger partial charge in [-0.3, -0.25) is 18.9 Å². The lowest BCUT2D eigenvalue weighted by atomic mass is 10.0. The van der Waals surface area contributed by atoms with Gasteiger partial charge < -0.3 is 9.84 Å². The number of aliphatic carboxylic acids is 1. The van der Waals surface area contributed by atoms with Crippen LogP contribution < -0.4 is 15.0 Å². The molecule has 0 amide bonds. The summed E-state index contributed by atoms with van der Waals surface area (Å²) < 4.78 is 62.9. The molecule has 4 aromatic rings. The molecule has 198 valence electrons. The van der Waals surface area contributed by atoms with Crippen molar-refractivity contribution in [1.29, 1.82) is 0 Å². The van der Waals surface area contributed by atoms with Gasteiger partial charge in [-0.05, 0) is 30.3 Å². The van der Waals surface area contributed by atoms with Crippen molar-refractivity contribution in [2.75, 3.05) is 11.8 Å². The Bertz CT molecular complexity index is 1750. The number of nitrogens with one attached hydrogen (secondary N) is 1. The van der Waals surface area contributed by atoms with E-state index in [-0.39, 0.29) is 45.2 Å². The molecule has 2 N–H and O–H groups in total. The second kappa shape index (κ2) is 10.3. The van der Waals surface area contributed by atoms with E-state index in [4.69, 9.17) is 21.4 Å². The summed E-state index contributed by atoms with van der Waals surface area (Å²) >= 11 is 5.91. The molecule has 1 atom stereocenters. The molecule has 14 heteroatoms. The van der Waals surface area contributed by atoms with Crippen LogP contribution in [0.4, 0.5) is 14.5 Å². The van der Waals surface area contributed by atoms with Crippen LogP contribution in [-0.2, 0) is 21.4 Å². The Labute approximate surface area is 219 Å². The van der Waals surface area contributed by atoms with E-state index in [1.165, 1.54) is 32.4 Å². The molecule has 0 bridgehead atoms. The number of benzene rings is 2. The number of hydrogen-bond donors (Lipinski definition) is 2. The van der Waals surface area contributed by atoms with E-state index in [2.05, 4.69) is 14.7 Å². The largest absolute Gasteiger partial charge is 0.481 e. The van der Waals surface area contributed by atoms with Gasteiger partial charge in [0.2, 0.25) is 5.88 Å². The van der Waals surface area contributed by atoms with Gasteiger partial charge in [-0.2, -0.15) is 0 Å². The van der Waals surface area contributed by atoms with E-state index in [9.17, 15) is 22.4 Å². The molecule has 2 aromatic carbocycles. The fourth-order valence-electron chi connectivity index (χ4n) is 3.63. The molecule has 0 aliphatic carbocycles. The summed E-state index contributed by atoms with van der Waals surface area (Å²) in [5.74, 6) is -3.62. The van der Waals surface area contributed by atoms with E-state index >= 15 is 4.39 Å². The fraction of sp³-hybridized carbons (Fsp3) is 0.167. The number of nitrogens with zero attached hydrogens (tertiary/aromatic N) is 3. The van der Waals surface area contributed by atoms with Gasteiger partial charge in [0.1, 0.15) is 22.2 Å². The minimum absolute atomic E-state index is 0.0116. The van der Waals surface area contributed by atoms with E-state index in [0.717, 1.165) is 35.2 Å². The Morgan fingerprint density at radius 2 is 1.95 bits per heavy atom. The third kappa shape index (κ3) is 5.29. The van der Waals surface area contributed by atoms with Crippen LogP contribution in [0.1, 0.15) is 6.92 Å². The molecule has 0 spiro atoms. The number of sulfonamides is 1. The maximum absolute atomic E-state index is 15.1. The number of carbonyl (C=O) groups is 1. The number of carboxylic acid groups (broad SMARTS) is 1. The smallest absolute Gasteiger partial charge is 0.308 e. The Hall–Kier alpha value is -4.10. The molecule has 38 heavy (non-hydrogen) atoms. The van der Waals surface area contributed by atoms with Crippen molar-refractivity contribution < 1.29 is 31.8 Å². The average molecular weight is 565 g/mol. The number of hydrogen-bond acceptors (Lipinski definition) is 7. The molecule has 0 aliphatic heterocycles. The van der Waals surface area contributed by atoms with Gasteiger partial charge in [0.15, 0.2) is 0 Å². The van der Waals surface area contributed by atoms with Crippen molar-refractivity contribution in [2.45, 2.75) is 18.4 Å². The highest BCUT2D eigenvalue weighted by atomic mass is 35.5. The third-order valence-corrected chi connectivity index (χ3v) is 7.44. The maximum atomic E-state index is 15.1. The zero-order valence-corrected chi connectivity index (χ0v) is 21.3. The Balaban J connectivity index is 1.80. The summed E-state index contributed by atoms with van der Waals surface area (Å²) in [5, 5.41) is 8.80. The minimum Gasteiger partial charge on any atom is -0.481 e. The number of pyridine rings is 1. The van der Waals surface area contributed by atoms with Crippen LogP contribution in [0.25, 0.3) is 22.0 Å². The number of fused-ring (bicyclic) bond motifs is 1. The number of ether oxygens (including phenoxy) is 1. The first-order valence-electron chi connectivity index (χ1n) is 10.8. The molecule has 0 radical (unpaired) electrons. The molecular formula is C24H19ClF2N4O6S. The third-order valence-electron chi connectivity index (χ3n) is 5.59. The molecule has 1 unspecified atom stereocenters. The standard InChI is InChI=1S/C24H19ClF2N4O6S/c1-12(24(33)34)10-31-11-29-19-8-18(27)15(7-16(19)23(31)32)13-5-20(22(37-2)28-9-13)30-38(35,36)21-4-3-14(26)6-17(21)25/h3-9,11-12,30H,10H2,1-2H3,(H,33,34). The van der Waals surface area contributed by atoms with Crippen LogP contribution in [0.2, 0.25) is 5.02 Å². The SMILES string of the molecule is COc1ncc(-c2cc3c(=O)n(CC(C)C(=O)O)cnc3cc2F)cc1NS(=O)(=O)c1ccc(F)cc1Cl. The zero-order chi connectivity index (χ0) is 27.8. The summed E-state index contributed by atoms with van der Waals surface area (Å²) in [6.45, 7) is 1.28. The van der Waals surface area contributed by atoms with Crippen molar-refractivity contribution in [3.05, 3.63) is 75.9 Å². The molecule has 0 fully saturated rings. The number of carboxylic acids is 1. The lowest BCUT2D eigenvalue weighted by molar-refractivity contribution is -0.141. The minimum atomic E-state index is -4.34. The molecule has 2 aromatic heterocycles. The Kier molecular flexibility index (Phi) is 7.33.